The summed E-state index contributed by atoms with van der Waals surface area (Å²) < 4.78 is 39.1. The first-order valence-corrected chi connectivity index (χ1v) is 5.78. The number of benzene rings is 1. The van der Waals surface area contributed by atoms with E-state index in [-0.39, 0.29) is 11.6 Å². The summed E-state index contributed by atoms with van der Waals surface area (Å²) in [6, 6.07) is 6.84. The molecule has 0 fully saturated rings. The normalized spacial score (nSPS) is 11.6. The highest BCUT2D eigenvalue weighted by Crippen LogP contribution is 2.30. The average Bonchev–Trinajstić information content (AvgIpc) is 2.76. The van der Waals surface area contributed by atoms with Gasteiger partial charge in [-0.05, 0) is 11.6 Å². The van der Waals surface area contributed by atoms with Gasteiger partial charge in [-0.2, -0.15) is 18.3 Å². The summed E-state index contributed by atoms with van der Waals surface area (Å²) in [5.41, 5.74) is -1.38. The zero-order valence-corrected chi connectivity index (χ0v) is 10.6. The summed E-state index contributed by atoms with van der Waals surface area (Å²) in [6.45, 7) is -0.262. The fourth-order valence-electron chi connectivity index (χ4n) is 1.66. The molecule has 1 aromatic carbocycles. The van der Waals surface area contributed by atoms with E-state index in [1.807, 2.05) is 0 Å². The Morgan fingerprint density at radius 2 is 2.00 bits per heavy atom. The van der Waals surface area contributed by atoms with Crippen LogP contribution < -0.4 is 0 Å². The molecule has 0 atom stereocenters. The van der Waals surface area contributed by atoms with Crippen molar-refractivity contribution in [2.45, 2.75) is 12.7 Å². The summed E-state index contributed by atoms with van der Waals surface area (Å²) in [7, 11) is 0. The molecule has 0 radical (unpaired) electrons. The molecule has 0 amide bonds. The topological polar surface area (TPSA) is 55.1 Å². The van der Waals surface area contributed by atoms with Gasteiger partial charge in [0, 0.05) is 11.1 Å². The number of aromatic nitrogens is 2. The van der Waals surface area contributed by atoms with Crippen LogP contribution >= 0.6 is 11.6 Å². The van der Waals surface area contributed by atoms with Gasteiger partial charge >= 0.3 is 12.1 Å². The molecule has 20 heavy (non-hydrogen) atoms. The molecule has 4 nitrogen and oxygen atoms in total. The molecule has 0 aliphatic rings. The largest absolute Gasteiger partial charge is 0.476 e. The van der Waals surface area contributed by atoms with E-state index in [4.69, 9.17) is 16.7 Å². The van der Waals surface area contributed by atoms with Gasteiger partial charge in [-0.15, -0.1) is 0 Å². The third-order valence-electron chi connectivity index (χ3n) is 2.57. The Morgan fingerprint density at radius 3 is 2.55 bits per heavy atom. The Morgan fingerprint density at radius 1 is 1.35 bits per heavy atom. The van der Waals surface area contributed by atoms with Gasteiger partial charge in [-0.3, -0.25) is 4.68 Å². The SMILES string of the molecule is O=C(O)c1cc(C(F)(F)F)n(Cc2ccccc2Cl)n1. The fourth-order valence-corrected chi connectivity index (χ4v) is 1.85. The zero-order chi connectivity index (χ0) is 14.9. The minimum atomic E-state index is -4.69. The fraction of sp³-hybridized carbons (Fsp3) is 0.167. The summed E-state index contributed by atoms with van der Waals surface area (Å²) >= 11 is 5.87. The molecule has 1 N–H and O–H groups in total. The van der Waals surface area contributed by atoms with Crippen molar-refractivity contribution >= 4 is 17.6 Å². The second kappa shape index (κ2) is 5.16. The predicted octanol–water partition coefficient (Wildman–Crippen LogP) is 3.30. The third-order valence-corrected chi connectivity index (χ3v) is 2.94. The molecule has 1 aromatic heterocycles. The van der Waals surface area contributed by atoms with Crippen LogP contribution in [0, 0.1) is 0 Å². The molecule has 2 aromatic rings. The second-order valence-electron chi connectivity index (χ2n) is 3.97. The zero-order valence-electron chi connectivity index (χ0n) is 9.86. The summed E-state index contributed by atoms with van der Waals surface area (Å²) in [6.07, 6.45) is -4.69. The average molecular weight is 305 g/mol. The number of rotatable bonds is 3. The van der Waals surface area contributed by atoms with Gasteiger partial charge in [-0.25, -0.2) is 4.79 Å². The number of halogens is 4. The monoisotopic (exact) mass is 304 g/mol. The molecular formula is C12H8ClF3N2O2. The number of nitrogens with zero attached hydrogens (tertiary/aromatic N) is 2. The van der Waals surface area contributed by atoms with Gasteiger partial charge in [-0.1, -0.05) is 29.8 Å². The summed E-state index contributed by atoms with van der Waals surface area (Å²) in [4.78, 5) is 10.7. The van der Waals surface area contributed by atoms with Crippen LogP contribution in [-0.2, 0) is 12.7 Å². The van der Waals surface area contributed by atoms with E-state index in [1.54, 1.807) is 18.2 Å². The summed E-state index contributed by atoms with van der Waals surface area (Å²) in [5.74, 6) is -1.52. The van der Waals surface area contributed by atoms with Crippen LogP contribution in [0.1, 0.15) is 21.7 Å². The first kappa shape index (κ1) is 14.4. The minimum absolute atomic E-state index is 0.262. The molecule has 0 saturated heterocycles. The van der Waals surface area contributed by atoms with Crippen LogP contribution in [0.25, 0.3) is 0 Å². The van der Waals surface area contributed by atoms with Gasteiger partial charge in [0.15, 0.2) is 5.69 Å². The smallest absolute Gasteiger partial charge is 0.433 e. The molecular weight excluding hydrogens is 297 g/mol. The maximum absolute atomic E-state index is 12.8. The van der Waals surface area contributed by atoms with Crippen molar-refractivity contribution in [3.05, 3.63) is 52.3 Å². The number of hydrogen-bond donors (Lipinski definition) is 1. The second-order valence-corrected chi connectivity index (χ2v) is 4.37. The summed E-state index contributed by atoms with van der Waals surface area (Å²) in [5, 5.41) is 12.5. The molecule has 8 heteroatoms. The van der Waals surface area contributed by atoms with E-state index in [9.17, 15) is 18.0 Å². The van der Waals surface area contributed by atoms with Crippen molar-refractivity contribution in [2.24, 2.45) is 0 Å². The van der Waals surface area contributed by atoms with E-state index in [0.29, 0.717) is 16.3 Å². The van der Waals surface area contributed by atoms with Crippen molar-refractivity contribution in [3.63, 3.8) is 0 Å². The number of aromatic carboxylic acids is 1. The maximum Gasteiger partial charge on any atom is 0.433 e. The molecule has 0 aliphatic heterocycles. The Bertz CT molecular complexity index is 652. The highest BCUT2D eigenvalue weighted by molar-refractivity contribution is 6.31. The van der Waals surface area contributed by atoms with Gasteiger partial charge in [0.1, 0.15) is 5.69 Å². The van der Waals surface area contributed by atoms with Crippen LogP contribution in [-0.4, -0.2) is 20.9 Å². The van der Waals surface area contributed by atoms with E-state index < -0.39 is 23.5 Å². The van der Waals surface area contributed by atoms with Gasteiger partial charge in [0.2, 0.25) is 0 Å². The van der Waals surface area contributed by atoms with Gasteiger partial charge in [0.25, 0.3) is 0 Å². The molecule has 106 valence electrons. The van der Waals surface area contributed by atoms with Crippen molar-refractivity contribution in [2.75, 3.05) is 0 Å². The highest BCUT2D eigenvalue weighted by atomic mass is 35.5. The lowest BCUT2D eigenvalue weighted by Gasteiger charge is -2.10. The lowest BCUT2D eigenvalue weighted by atomic mass is 10.2. The van der Waals surface area contributed by atoms with E-state index >= 15 is 0 Å². The standard InChI is InChI=1S/C12H8ClF3N2O2/c13-8-4-2-1-3-7(8)6-18-10(12(14,15)16)5-9(17-18)11(19)20/h1-5H,6H2,(H,19,20). The molecule has 0 spiro atoms. The van der Waals surface area contributed by atoms with Crippen LogP contribution in [0.15, 0.2) is 30.3 Å². The van der Waals surface area contributed by atoms with E-state index in [2.05, 4.69) is 5.10 Å². The molecule has 1 heterocycles. The molecule has 0 saturated carbocycles. The van der Waals surface area contributed by atoms with Crippen LogP contribution in [0.5, 0.6) is 0 Å². The van der Waals surface area contributed by atoms with Crippen LogP contribution in [0.2, 0.25) is 5.02 Å². The molecule has 2 rings (SSSR count). The number of carboxylic acids is 1. The maximum atomic E-state index is 12.8. The number of alkyl halides is 3. The van der Waals surface area contributed by atoms with Crippen molar-refractivity contribution in [3.8, 4) is 0 Å². The predicted molar refractivity (Wildman–Crippen MR) is 64.7 cm³/mol. The molecule has 0 bridgehead atoms. The van der Waals surface area contributed by atoms with Crippen molar-refractivity contribution in [1.82, 2.24) is 9.78 Å². The van der Waals surface area contributed by atoms with Crippen molar-refractivity contribution in [1.29, 1.82) is 0 Å². The quantitative estimate of drug-likeness (QED) is 0.946. The Kier molecular flexibility index (Phi) is 3.71. The highest BCUT2D eigenvalue weighted by Gasteiger charge is 2.36. The number of carboxylic acid groups (broad SMARTS) is 1. The Balaban J connectivity index is 2.45. The lowest BCUT2D eigenvalue weighted by Crippen LogP contribution is -2.15. The first-order chi connectivity index (χ1) is 9.29. The van der Waals surface area contributed by atoms with Crippen LogP contribution in [0.3, 0.4) is 0 Å². The first-order valence-electron chi connectivity index (χ1n) is 5.41. The van der Waals surface area contributed by atoms with Gasteiger partial charge < -0.3 is 5.11 Å². The lowest BCUT2D eigenvalue weighted by molar-refractivity contribution is -0.144. The number of hydrogen-bond acceptors (Lipinski definition) is 2. The minimum Gasteiger partial charge on any atom is -0.476 e. The Hall–Kier alpha value is -2.02. The van der Waals surface area contributed by atoms with Gasteiger partial charge in [0.05, 0.1) is 6.54 Å². The van der Waals surface area contributed by atoms with E-state index in [0.717, 1.165) is 0 Å². The molecule has 0 aliphatic carbocycles. The molecule has 0 unspecified atom stereocenters. The number of carbonyl (C=O) groups is 1. The van der Waals surface area contributed by atoms with Crippen molar-refractivity contribution < 1.29 is 23.1 Å². The van der Waals surface area contributed by atoms with E-state index in [1.165, 1.54) is 6.07 Å². The van der Waals surface area contributed by atoms with Crippen LogP contribution in [0.4, 0.5) is 13.2 Å². The third kappa shape index (κ3) is 2.93. The Labute approximate surface area is 116 Å².